The number of hydrogen-bond donors (Lipinski definition) is 1. The van der Waals surface area contributed by atoms with Crippen LogP contribution in [0.15, 0.2) is 36.4 Å². The van der Waals surface area contributed by atoms with Gasteiger partial charge in [0.15, 0.2) is 0 Å². The van der Waals surface area contributed by atoms with Crippen LogP contribution < -0.4 is 4.90 Å². The highest BCUT2D eigenvalue weighted by atomic mass is 32.1. The highest BCUT2D eigenvalue weighted by Crippen LogP contribution is 2.41. The van der Waals surface area contributed by atoms with Crippen molar-refractivity contribution in [3.63, 3.8) is 0 Å². The summed E-state index contributed by atoms with van der Waals surface area (Å²) in [5.41, 5.74) is 1.59. The van der Waals surface area contributed by atoms with Crippen molar-refractivity contribution in [2.45, 2.75) is 57.9 Å². The standard InChI is InChI=1S/C26H34N2O3S/c1-18-10-12-20(13-11-18)25(29)28(21-9-6-15-27(2)16-14-21)22-17-23(32-24(22)26(30)31)19-7-4-3-5-8-19/h3-5,7-8,17-18,20-21H,6,9-16H2,1-2H3,(H,30,31). The number of benzene rings is 1. The Morgan fingerprint density at radius 1 is 1.03 bits per heavy atom. The highest BCUT2D eigenvalue weighted by Gasteiger charge is 2.36. The summed E-state index contributed by atoms with van der Waals surface area (Å²) in [6.07, 6.45) is 6.76. The molecule has 5 nitrogen and oxygen atoms in total. The predicted molar refractivity (Wildman–Crippen MR) is 130 cm³/mol. The number of anilines is 1. The molecule has 1 unspecified atom stereocenters. The third kappa shape index (κ3) is 5.07. The monoisotopic (exact) mass is 454 g/mol. The lowest BCUT2D eigenvalue weighted by molar-refractivity contribution is -0.124. The molecular weight excluding hydrogens is 420 g/mol. The summed E-state index contributed by atoms with van der Waals surface area (Å²) in [6.45, 7) is 4.20. The van der Waals surface area contributed by atoms with E-state index in [1.165, 1.54) is 11.3 Å². The third-order valence-corrected chi connectivity index (χ3v) is 8.27. The van der Waals surface area contributed by atoms with Gasteiger partial charge in [-0.2, -0.15) is 0 Å². The number of carbonyl (C=O) groups is 2. The average Bonchev–Trinajstić information content (AvgIpc) is 3.12. The summed E-state index contributed by atoms with van der Waals surface area (Å²) in [6, 6.07) is 11.9. The van der Waals surface area contributed by atoms with E-state index >= 15 is 0 Å². The van der Waals surface area contributed by atoms with Gasteiger partial charge in [-0.15, -0.1) is 11.3 Å². The molecule has 1 saturated heterocycles. The zero-order chi connectivity index (χ0) is 22.7. The minimum atomic E-state index is -0.951. The quantitative estimate of drug-likeness (QED) is 0.624. The number of nitrogens with zero attached hydrogens (tertiary/aromatic N) is 2. The first-order chi connectivity index (χ1) is 15.4. The second kappa shape index (κ2) is 10.2. The van der Waals surface area contributed by atoms with E-state index in [1.54, 1.807) is 0 Å². The number of hydrogen-bond acceptors (Lipinski definition) is 4. The molecule has 2 aliphatic rings. The fraction of sp³-hybridized carbons (Fsp3) is 0.538. The Morgan fingerprint density at radius 3 is 2.44 bits per heavy atom. The van der Waals surface area contributed by atoms with Gasteiger partial charge in [-0.1, -0.05) is 37.3 Å². The SMILES string of the molecule is CC1CCC(C(=O)N(c2cc(-c3ccccc3)sc2C(=O)O)C2CCCN(C)CC2)CC1. The molecule has 1 atom stereocenters. The number of rotatable bonds is 5. The zero-order valence-electron chi connectivity index (χ0n) is 19.1. The van der Waals surface area contributed by atoms with Gasteiger partial charge in [-0.3, -0.25) is 4.79 Å². The minimum absolute atomic E-state index is 0.00565. The van der Waals surface area contributed by atoms with Gasteiger partial charge in [-0.25, -0.2) is 4.79 Å². The number of carbonyl (C=O) groups excluding carboxylic acids is 1. The Labute approximate surface area is 195 Å². The number of aromatic carboxylic acids is 1. The molecule has 0 spiro atoms. The smallest absolute Gasteiger partial charge is 0.348 e. The van der Waals surface area contributed by atoms with Crippen molar-refractivity contribution < 1.29 is 14.7 Å². The molecule has 0 radical (unpaired) electrons. The molecule has 2 fully saturated rings. The van der Waals surface area contributed by atoms with Gasteiger partial charge in [0.1, 0.15) is 4.88 Å². The van der Waals surface area contributed by atoms with Gasteiger partial charge in [0.2, 0.25) is 5.91 Å². The van der Waals surface area contributed by atoms with Crippen LogP contribution in [0, 0.1) is 11.8 Å². The van der Waals surface area contributed by atoms with Crippen LogP contribution in [-0.2, 0) is 4.79 Å². The molecular formula is C26H34N2O3S. The molecule has 1 amide bonds. The summed E-state index contributed by atoms with van der Waals surface area (Å²) < 4.78 is 0. The van der Waals surface area contributed by atoms with Crippen molar-refractivity contribution in [3.05, 3.63) is 41.3 Å². The summed E-state index contributed by atoms with van der Waals surface area (Å²) in [5, 5.41) is 10.1. The molecule has 1 saturated carbocycles. The number of carboxylic acids is 1. The van der Waals surface area contributed by atoms with Crippen LogP contribution in [-0.4, -0.2) is 48.1 Å². The van der Waals surface area contributed by atoms with Crippen molar-refractivity contribution >= 4 is 28.9 Å². The lowest BCUT2D eigenvalue weighted by Gasteiger charge is -2.36. The molecule has 172 valence electrons. The van der Waals surface area contributed by atoms with Crippen LogP contribution in [0.3, 0.4) is 0 Å². The van der Waals surface area contributed by atoms with Gasteiger partial charge < -0.3 is 14.9 Å². The first-order valence-corrected chi connectivity index (χ1v) is 12.7. The molecule has 4 rings (SSSR count). The van der Waals surface area contributed by atoms with Crippen LogP contribution >= 0.6 is 11.3 Å². The summed E-state index contributed by atoms with van der Waals surface area (Å²) in [7, 11) is 2.12. The van der Waals surface area contributed by atoms with Crippen molar-refractivity contribution in [2.75, 3.05) is 25.0 Å². The van der Waals surface area contributed by atoms with E-state index in [0.717, 1.165) is 68.5 Å². The van der Waals surface area contributed by atoms with Gasteiger partial charge in [0, 0.05) is 16.8 Å². The van der Waals surface area contributed by atoms with Crippen molar-refractivity contribution in [1.29, 1.82) is 0 Å². The van der Waals surface area contributed by atoms with E-state index in [9.17, 15) is 14.7 Å². The van der Waals surface area contributed by atoms with Crippen LogP contribution in [0.25, 0.3) is 10.4 Å². The molecule has 1 aromatic carbocycles. The number of thiophene rings is 1. The number of amides is 1. The van der Waals surface area contributed by atoms with Crippen LogP contribution in [0.2, 0.25) is 0 Å². The van der Waals surface area contributed by atoms with E-state index < -0.39 is 5.97 Å². The molecule has 6 heteroatoms. The zero-order valence-corrected chi connectivity index (χ0v) is 19.9. The lowest BCUT2D eigenvalue weighted by atomic mass is 9.82. The largest absolute Gasteiger partial charge is 0.477 e. The normalized spacial score (nSPS) is 24.6. The van der Waals surface area contributed by atoms with Gasteiger partial charge in [0.25, 0.3) is 0 Å². The topological polar surface area (TPSA) is 60.9 Å². The third-order valence-electron chi connectivity index (χ3n) is 7.11. The predicted octanol–water partition coefficient (Wildman–Crippen LogP) is 5.76. The summed E-state index contributed by atoms with van der Waals surface area (Å²) in [5.74, 6) is -0.160. The maximum atomic E-state index is 13.9. The maximum absolute atomic E-state index is 13.9. The molecule has 1 aromatic heterocycles. The van der Waals surface area contributed by atoms with Gasteiger partial charge in [-0.05, 0) is 82.6 Å². The van der Waals surface area contributed by atoms with Crippen molar-refractivity contribution in [1.82, 2.24) is 4.90 Å². The Kier molecular flexibility index (Phi) is 7.31. The van der Waals surface area contributed by atoms with E-state index in [1.807, 2.05) is 41.3 Å². The van der Waals surface area contributed by atoms with E-state index in [4.69, 9.17) is 0 Å². The molecule has 1 aliphatic heterocycles. The second-order valence-corrected chi connectivity index (χ2v) is 10.6. The molecule has 32 heavy (non-hydrogen) atoms. The minimum Gasteiger partial charge on any atom is -0.477 e. The van der Waals surface area contributed by atoms with Crippen molar-refractivity contribution in [3.8, 4) is 10.4 Å². The average molecular weight is 455 g/mol. The fourth-order valence-electron chi connectivity index (χ4n) is 5.14. The molecule has 1 aliphatic carbocycles. The van der Waals surface area contributed by atoms with Crippen molar-refractivity contribution in [2.24, 2.45) is 11.8 Å². The molecule has 0 bridgehead atoms. The summed E-state index contributed by atoms with van der Waals surface area (Å²) >= 11 is 1.28. The van der Waals surface area contributed by atoms with Gasteiger partial charge in [0.05, 0.1) is 5.69 Å². The van der Waals surface area contributed by atoms with E-state index in [0.29, 0.717) is 11.6 Å². The first kappa shape index (κ1) is 23.0. The highest BCUT2D eigenvalue weighted by molar-refractivity contribution is 7.18. The maximum Gasteiger partial charge on any atom is 0.348 e. The Morgan fingerprint density at radius 2 is 1.75 bits per heavy atom. The Bertz CT molecular complexity index is 934. The Balaban J connectivity index is 1.74. The van der Waals surface area contributed by atoms with E-state index in [2.05, 4.69) is 18.9 Å². The van der Waals surface area contributed by atoms with Crippen LogP contribution in [0.5, 0.6) is 0 Å². The number of likely N-dealkylation sites (tertiary alicyclic amines) is 1. The number of carboxylic acid groups (broad SMARTS) is 1. The first-order valence-electron chi connectivity index (χ1n) is 11.9. The lowest BCUT2D eigenvalue weighted by Crippen LogP contribution is -2.45. The van der Waals surface area contributed by atoms with Crippen LogP contribution in [0.4, 0.5) is 5.69 Å². The second-order valence-electron chi connectivity index (χ2n) is 9.55. The summed E-state index contributed by atoms with van der Waals surface area (Å²) in [4.78, 5) is 31.6. The molecule has 2 heterocycles. The van der Waals surface area contributed by atoms with E-state index in [-0.39, 0.29) is 22.7 Å². The van der Waals surface area contributed by atoms with Gasteiger partial charge >= 0.3 is 5.97 Å². The molecule has 1 N–H and O–H groups in total. The van der Waals surface area contributed by atoms with Crippen LogP contribution in [0.1, 0.15) is 61.5 Å². The molecule has 2 aromatic rings. The fourth-order valence-corrected chi connectivity index (χ4v) is 6.13. The Hall–Kier alpha value is -2.18.